The van der Waals surface area contributed by atoms with Crippen molar-refractivity contribution in [2.45, 2.75) is 24.8 Å². The Morgan fingerprint density at radius 2 is 2.06 bits per heavy atom. The van der Waals surface area contributed by atoms with Gasteiger partial charge in [0.15, 0.2) is 5.69 Å². The molecule has 11 nitrogen and oxygen atoms in total. The molecule has 0 saturated heterocycles. The van der Waals surface area contributed by atoms with Gasteiger partial charge < -0.3 is 10.6 Å². The second-order valence-corrected chi connectivity index (χ2v) is 8.31. The number of anilines is 1. The number of aromatic nitrogens is 2. The van der Waals surface area contributed by atoms with Gasteiger partial charge in [0, 0.05) is 0 Å². The molecule has 0 aliphatic carbocycles. The minimum atomic E-state index is -4.69. The maximum absolute atomic E-state index is 14.3. The summed E-state index contributed by atoms with van der Waals surface area (Å²) in [6.45, 7) is 2.23. The number of hydrogen-bond donors (Lipinski definition) is 2. The third-order valence-corrected chi connectivity index (χ3v) is 6.17. The van der Waals surface area contributed by atoms with Crippen molar-refractivity contribution < 1.29 is 22.4 Å². The number of nitrogens with one attached hydrogen (secondary N) is 2. The molecule has 2 aromatic rings. The average molecular weight is 443 g/mol. The predicted octanol–water partition coefficient (Wildman–Crippen LogP) is 1.08. The zero-order valence-corrected chi connectivity index (χ0v) is 17.0. The lowest BCUT2D eigenvalue weighted by Gasteiger charge is -2.29. The van der Waals surface area contributed by atoms with Crippen molar-refractivity contribution in [3.8, 4) is 12.1 Å². The Bertz CT molecular complexity index is 1300. The van der Waals surface area contributed by atoms with Gasteiger partial charge in [-0.3, -0.25) is 9.78 Å². The first kappa shape index (κ1) is 21.6. The predicted molar refractivity (Wildman–Crippen MR) is 102 cm³/mol. The lowest BCUT2D eigenvalue weighted by molar-refractivity contribution is -0.121. The number of amides is 3. The largest absolute Gasteiger partial charge is 0.346 e. The summed E-state index contributed by atoms with van der Waals surface area (Å²) in [6, 6.07) is 3.36. The maximum atomic E-state index is 14.3. The number of fused-ring (bicyclic) bond motifs is 1. The van der Waals surface area contributed by atoms with E-state index in [1.165, 1.54) is 6.20 Å². The number of urea groups is 1. The first-order valence-electron chi connectivity index (χ1n) is 8.68. The Morgan fingerprint density at radius 1 is 1.35 bits per heavy atom. The summed E-state index contributed by atoms with van der Waals surface area (Å²) >= 11 is 0. The number of aryl methyl sites for hydroxylation is 1. The monoisotopic (exact) mass is 443 g/mol. The number of carbonyl (C=O) groups excluding carboxylic acids is 2. The minimum absolute atomic E-state index is 0.0936. The molecule has 0 radical (unpaired) electrons. The molecule has 158 valence electrons. The molecule has 0 spiro atoms. The zero-order chi connectivity index (χ0) is 22.9. The SMILES string of the molecule is Cc1nc(C#N)cnc1[C@@H](C)NC(=O)CN1C(=O)Nc2cc(C#N)cc(F)c2S1(=O)=O. The number of sulfonamides is 1. The van der Waals surface area contributed by atoms with Crippen molar-refractivity contribution in [1.82, 2.24) is 19.6 Å². The van der Waals surface area contributed by atoms with Gasteiger partial charge in [-0.1, -0.05) is 0 Å². The highest BCUT2D eigenvalue weighted by Crippen LogP contribution is 2.33. The minimum Gasteiger partial charge on any atom is -0.346 e. The topological polar surface area (TPSA) is 169 Å². The summed E-state index contributed by atoms with van der Waals surface area (Å²) in [6.07, 6.45) is 1.22. The van der Waals surface area contributed by atoms with Crippen LogP contribution in [0.3, 0.4) is 0 Å². The van der Waals surface area contributed by atoms with Gasteiger partial charge in [0.1, 0.15) is 23.3 Å². The molecule has 0 fully saturated rings. The summed E-state index contributed by atoms with van der Waals surface area (Å²) in [5.41, 5.74) is 0.273. The number of nitrogens with zero attached hydrogens (tertiary/aromatic N) is 5. The fraction of sp³-hybridized carbons (Fsp3) is 0.222. The van der Waals surface area contributed by atoms with E-state index >= 15 is 0 Å². The molecule has 1 atom stereocenters. The lowest BCUT2D eigenvalue weighted by Crippen LogP contribution is -2.49. The number of rotatable bonds is 4. The summed E-state index contributed by atoms with van der Waals surface area (Å²) < 4.78 is 40.1. The molecule has 13 heteroatoms. The molecule has 0 bridgehead atoms. The molecule has 1 aliphatic heterocycles. The van der Waals surface area contributed by atoms with Crippen molar-refractivity contribution in [2.24, 2.45) is 0 Å². The molecule has 0 unspecified atom stereocenters. The first-order chi connectivity index (χ1) is 14.6. The fourth-order valence-corrected chi connectivity index (χ4v) is 4.49. The van der Waals surface area contributed by atoms with Gasteiger partial charge >= 0.3 is 6.03 Å². The smallest absolute Gasteiger partial charge is 0.336 e. The van der Waals surface area contributed by atoms with E-state index in [9.17, 15) is 22.4 Å². The normalized spacial score (nSPS) is 15.1. The summed E-state index contributed by atoms with van der Waals surface area (Å²) in [4.78, 5) is 32.0. The van der Waals surface area contributed by atoms with Gasteiger partial charge in [0.25, 0.3) is 10.0 Å². The van der Waals surface area contributed by atoms with Crippen LogP contribution in [0.4, 0.5) is 14.9 Å². The molecular formula is C18H14FN7O4S. The first-order valence-corrected chi connectivity index (χ1v) is 10.1. The van der Waals surface area contributed by atoms with E-state index in [1.54, 1.807) is 19.9 Å². The molecular weight excluding hydrogens is 429 g/mol. The maximum Gasteiger partial charge on any atom is 0.336 e. The Balaban J connectivity index is 1.83. The molecule has 1 aliphatic rings. The number of halogens is 1. The van der Waals surface area contributed by atoms with Gasteiger partial charge in [-0.25, -0.2) is 26.9 Å². The molecule has 0 saturated carbocycles. The molecule has 1 aromatic carbocycles. The highest BCUT2D eigenvalue weighted by atomic mass is 32.2. The van der Waals surface area contributed by atoms with Crippen LogP contribution in [-0.2, 0) is 14.8 Å². The highest BCUT2D eigenvalue weighted by Gasteiger charge is 2.40. The molecule has 1 aromatic heterocycles. The Labute approximate surface area is 176 Å². The van der Waals surface area contributed by atoms with Crippen molar-refractivity contribution in [1.29, 1.82) is 10.5 Å². The third kappa shape index (κ3) is 3.99. The Morgan fingerprint density at radius 3 is 2.68 bits per heavy atom. The van der Waals surface area contributed by atoms with Crippen LogP contribution in [0.5, 0.6) is 0 Å². The number of carbonyl (C=O) groups is 2. The zero-order valence-electron chi connectivity index (χ0n) is 16.2. The van der Waals surface area contributed by atoms with Crippen molar-refractivity contribution in [2.75, 3.05) is 11.9 Å². The fourth-order valence-electron chi connectivity index (χ4n) is 3.02. The number of hydrogen-bond acceptors (Lipinski definition) is 8. The molecule has 31 heavy (non-hydrogen) atoms. The number of nitriles is 2. The number of benzene rings is 1. The van der Waals surface area contributed by atoms with E-state index in [1.807, 2.05) is 6.07 Å². The molecule has 2 heterocycles. The quantitative estimate of drug-likeness (QED) is 0.707. The van der Waals surface area contributed by atoms with Crippen molar-refractivity contribution in [3.63, 3.8) is 0 Å². The van der Waals surface area contributed by atoms with Gasteiger partial charge in [-0.15, -0.1) is 0 Å². The lowest BCUT2D eigenvalue weighted by atomic mass is 10.2. The molecule has 3 rings (SSSR count). The van der Waals surface area contributed by atoms with Crippen LogP contribution in [0, 0.1) is 35.4 Å². The van der Waals surface area contributed by atoms with Crippen LogP contribution < -0.4 is 10.6 Å². The van der Waals surface area contributed by atoms with Crippen molar-refractivity contribution >= 4 is 27.6 Å². The molecule has 2 N–H and O–H groups in total. The van der Waals surface area contributed by atoms with E-state index in [-0.39, 0.29) is 21.2 Å². The Hall–Kier alpha value is -4.10. The van der Waals surface area contributed by atoms with Gasteiger partial charge in [0.2, 0.25) is 5.91 Å². The Kier molecular flexibility index (Phi) is 5.55. The van der Waals surface area contributed by atoms with E-state index in [0.29, 0.717) is 11.4 Å². The standard InChI is InChI=1S/C18H14FN7O4S/c1-9-16(22-7-12(6-21)23-9)10(2)24-15(27)8-26-18(28)25-14-4-11(5-20)3-13(19)17(14)31(26,29)30/h3-4,7,10H,8H2,1-2H3,(H,24,27)(H,25,28)/t10-/m1/s1. The summed E-state index contributed by atoms with van der Waals surface area (Å²) in [5, 5.41) is 22.4. The third-order valence-electron chi connectivity index (χ3n) is 4.36. The van der Waals surface area contributed by atoms with Crippen LogP contribution in [-0.4, -0.2) is 41.2 Å². The van der Waals surface area contributed by atoms with Crippen LogP contribution in [0.25, 0.3) is 0 Å². The summed E-state index contributed by atoms with van der Waals surface area (Å²) in [5.74, 6) is -2.08. The van der Waals surface area contributed by atoms with Gasteiger partial charge in [-0.2, -0.15) is 10.5 Å². The molecule has 3 amide bonds. The van der Waals surface area contributed by atoms with E-state index in [2.05, 4.69) is 20.6 Å². The van der Waals surface area contributed by atoms with E-state index < -0.39 is 45.3 Å². The van der Waals surface area contributed by atoms with E-state index in [0.717, 1.165) is 12.1 Å². The van der Waals surface area contributed by atoms with Crippen LogP contribution in [0.2, 0.25) is 0 Å². The van der Waals surface area contributed by atoms with Gasteiger partial charge in [-0.05, 0) is 26.0 Å². The van der Waals surface area contributed by atoms with Crippen LogP contribution >= 0.6 is 0 Å². The van der Waals surface area contributed by atoms with Crippen LogP contribution in [0.1, 0.15) is 35.6 Å². The van der Waals surface area contributed by atoms with E-state index in [4.69, 9.17) is 10.5 Å². The highest BCUT2D eigenvalue weighted by molar-refractivity contribution is 7.90. The summed E-state index contributed by atoms with van der Waals surface area (Å²) in [7, 11) is -4.69. The van der Waals surface area contributed by atoms with Crippen LogP contribution in [0.15, 0.2) is 23.2 Å². The van der Waals surface area contributed by atoms with Gasteiger partial charge in [0.05, 0.1) is 40.9 Å². The average Bonchev–Trinajstić information content (AvgIpc) is 2.69. The second-order valence-electron chi connectivity index (χ2n) is 6.52. The van der Waals surface area contributed by atoms with Crippen molar-refractivity contribution in [3.05, 3.63) is 46.8 Å². The second kappa shape index (κ2) is 7.97.